The molecule has 0 aromatic heterocycles. The zero-order valence-electron chi connectivity index (χ0n) is 11.2. The van der Waals surface area contributed by atoms with E-state index in [2.05, 4.69) is 6.92 Å². The van der Waals surface area contributed by atoms with Gasteiger partial charge in [0.05, 0.1) is 4.92 Å². The average Bonchev–Trinajstić information content (AvgIpc) is 2.47. The summed E-state index contributed by atoms with van der Waals surface area (Å²) in [6.07, 6.45) is 0.873. The van der Waals surface area contributed by atoms with E-state index in [1.54, 1.807) is 23.9 Å². The second-order valence-corrected chi connectivity index (χ2v) is 5.52. The van der Waals surface area contributed by atoms with E-state index in [4.69, 9.17) is 5.73 Å². The van der Waals surface area contributed by atoms with Gasteiger partial charge in [0.15, 0.2) is 0 Å². The molecule has 0 aliphatic rings. The fourth-order valence-corrected chi connectivity index (χ4v) is 2.87. The van der Waals surface area contributed by atoms with Crippen LogP contribution in [0.5, 0.6) is 0 Å². The Morgan fingerprint density at radius 2 is 1.85 bits per heavy atom. The number of hydrogen-bond donors (Lipinski definition) is 1. The summed E-state index contributed by atoms with van der Waals surface area (Å²) >= 11 is 1.58. The van der Waals surface area contributed by atoms with E-state index in [1.807, 2.05) is 24.3 Å². The Morgan fingerprint density at radius 3 is 2.45 bits per heavy atom. The van der Waals surface area contributed by atoms with Crippen LogP contribution in [0.3, 0.4) is 0 Å². The molecular weight excluding hydrogens is 272 g/mol. The van der Waals surface area contributed by atoms with Gasteiger partial charge in [0, 0.05) is 28.0 Å². The SMILES string of the molecule is CCC(N)c1ccccc1Sc1ccc([N+](=O)[O-])cc1. The van der Waals surface area contributed by atoms with Crippen LogP contribution in [0, 0.1) is 10.1 Å². The summed E-state index contributed by atoms with van der Waals surface area (Å²) in [6, 6.07) is 14.6. The van der Waals surface area contributed by atoms with E-state index in [1.165, 1.54) is 12.1 Å². The lowest BCUT2D eigenvalue weighted by molar-refractivity contribution is -0.384. The molecule has 0 saturated carbocycles. The molecule has 0 saturated heterocycles. The van der Waals surface area contributed by atoms with Crippen molar-refractivity contribution in [2.75, 3.05) is 0 Å². The molecule has 0 aliphatic heterocycles. The molecule has 2 N–H and O–H groups in total. The Bertz CT molecular complexity index is 599. The first-order valence-corrected chi connectivity index (χ1v) is 7.20. The quantitative estimate of drug-likeness (QED) is 0.662. The minimum absolute atomic E-state index is 0.0109. The largest absolute Gasteiger partial charge is 0.324 e. The Hall–Kier alpha value is -1.85. The summed E-state index contributed by atoms with van der Waals surface area (Å²) in [5, 5.41) is 10.6. The third-order valence-corrected chi connectivity index (χ3v) is 4.13. The van der Waals surface area contributed by atoms with Gasteiger partial charge >= 0.3 is 0 Å². The Labute approximate surface area is 122 Å². The predicted octanol–water partition coefficient (Wildman–Crippen LogP) is 4.16. The molecule has 0 heterocycles. The van der Waals surface area contributed by atoms with Crippen molar-refractivity contribution in [1.29, 1.82) is 0 Å². The van der Waals surface area contributed by atoms with E-state index in [9.17, 15) is 10.1 Å². The van der Waals surface area contributed by atoms with Crippen LogP contribution in [0.4, 0.5) is 5.69 Å². The van der Waals surface area contributed by atoms with Gasteiger partial charge in [-0.2, -0.15) is 0 Å². The fourth-order valence-electron chi connectivity index (χ4n) is 1.86. The third kappa shape index (κ3) is 3.37. The van der Waals surface area contributed by atoms with Crippen molar-refractivity contribution in [3.05, 3.63) is 64.2 Å². The van der Waals surface area contributed by atoms with E-state index in [-0.39, 0.29) is 11.7 Å². The number of hydrogen-bond acceptors (Lipinski definition) is 4. The van der Waals surface area contributed by atoms with E-state index < -0.39 is 4.92 Å². The minimum atomic E-state index is -0.393. The predicted molar refractivity (Wildman–Crippen MR) is 80.9 cm³/mol. The Morgan fingerprint density at radius 1 is 1.20 bits per heavy atom. The van der Waals surface area contributed by atoms with E-state index in [0.717, 1.165) is 21.8 Å². The van der Waals surface area contributed by atoms with Crippen LogP contribution in [0.1, 0.15) is 24.9 Å². The number of rotatable bonds is 5. The molecule has 2 aromatic carbocycles. The Kier molecular flexibility index (Phi) is 4.76. The van der Waals surface area contributed by atoms with Crippen molar-refractivity contribution in [2.24, 2.45) is 5.73 Å². The van der Waals surface area contributed by atoms with Crippen LogP contribution in [0.25, 0.3) is 0 Å². The molecule has 2 aromatic rings. The lowest BCUT2D eigenvalue weighted by Gasteiger charge is -2.14. The first kappa shape index (κ1) is 14.6. The zero-order valence-corrected chi connectivity index (χ0v) is 12.0. The number of nitrogens with two attached hydrogens (primary N) is 1. The highest BCUT2D eigenvalue weighted by Gasteiger charge is 2.11. The maximum Gasteiger partial charge on any atom is 0.269 e. The molecule has 0 bridgehead atoms. The van der Waals surface area contributed by atoms with Gasteiger partial charge in [-0.05, 0) is 30.2 Å². The molecule has 0 fully saturated rings. The van der Waals surface area contributed by atoms with Crippen LogP contribution in [0.2, 0.25) is 0 Å². The van der Waals surface area contributed by atoms with Crippen LogP contribution in [-0.4, -0.2) is 4.92 Å². The maximum atomic E-state index is 10.6. The van der Waals surface area contributed by atoms with Gasteiger partial charge in [0.2, 0.25) is 0 Å². The van der Waals surface area contributed by atoms with Gasteiger partial charge in [-0.3, -0.25) is 10.1 Å². The summed E-state index contributed by atoms with van der Waals surface area (Å²) in [5.74, 6) is 0. The lowest BCUT2D eigenvalue weighted by Crippen LogP contribution is -2.09. The normalized spacial score (nSPS) is 12.1. The number of non-ortho nitro benzene ring substituents is 1. The van der Waals surface area contributed by atoms with Gasteiger partial charge < -0.3 is 5.73 Å². The molecular formula is C15H16N2O2S. The molecule has 1 atom stereocenters. The second kappa shape index (κ2) is 6.54. The van der Waals surface area contributed by atoms with Gasteiger partial charge in [-0.1, -0.05) is 36.9 Å². The molecule has 0 aliphatic carbocycles. The summed E-state index contributed by atoms with van der Waals surface area (Å²) in [5.41, 5.74) is 7.32. The number of nitro benzene ring substituents is 1. The van der Waals surface area contributed by atoms with Crippen LogP contribution in [0.15, 0.2) is 58.3 Å². The minimum Gasteiger partial charge on any atom is -0.324 e. The molecule has 0 spiro atoms. The topological polar surface area (TPSA) is 69.2 Å². The van der Waals surface area contributed by atoms with Crippen molar-refractivity contribution in [2.45, 2.75) is 29.2 Å². The first-order valence-electron chi connectivity index (χ1n) is 6.38. The van der Waals surface area contributed by atoms with Gasteiger partial charge in [-0.25, -0.2) is 0 Å². The van der Waals surface area contributed by atoms with Crippen molar-refractivity contribution in [1.82, 2.24) is 0 Å². The van der Waals surface area contributed by atoms with Crippen LogP contribution in [-0.2, 0) is 0 Å². The molecule has 2 rings (SSSR count). The molecule has 1 unspecified atom stereocenters. The van der Waals surface area contributed by atoms with Crippen LogP contribution >= 0.6 is 11.8 Å². The highest BCUT2D eigenvalue weighted by Crippen LogP contribution is 2.34. The lowest BCUT2D eigenvalue weighted by atomic mass is 10.1. The van der Waals surface area contributed by atoms with Gasteiger partial charge in [0.1, 0.15) is 0 Å². The average molecular weight is 288 g/mol. The molecule has 4 nitrogen and oxygen atoms in total. The second-order valence-electron chi connectivity index (χ2n) is 4.41. The summed E-state index contributed by atoms with van der Waals surface area (Å²) < 4.78 is 0. The maximum absolute atomic E-state index is 10.6. The molecule has 20 heavy (non-hydrogen) atoms. The Balaban J connectivity index is 2.23. The van der Waals surface area contributed by atoms with E-state index >= 15 is 0 Å². The zero-order chi connectivity index (χ0) is 14.5. The summed E-state index contributed by atoms with van der Waals surface area (Å²) in [6.45, 7) is 2.05. The number of nitro groups is 1. The molecule has 5 heteroatoms. The smallest absolute Gasteiger partial charge is 0.269 e. The van der Waals surface area contributed by atoms with Crippen molar-refractivity contribution in [3.63, 3.8) is 0 Å². The summed E-state index contributed by atoms with van der Waals surface area (Å²) in [7, 11) is 0. The first-order chi connectivity index (χ1) is 9.61. The van der Waals surface area contributed by atoms with Gasteiger partial charge in [0.25, 0.3) is 5.69 Å². The third-order valence-electron chi connectivity index (χ3n) is 3.03. The van der Waals surface area contributed by atoms with Crippen molar-refractivity contribution in [3.8, 4) is 0 Å². The highest BCUT2D eigenvalue weighted by molar-refractivity contribution is 7.99. The standard InChI is InChI=1S/C15H16N2O2S/c1-2-14(16)13-5-3-4-6-15(13)20-12-9-7-11(8-10-12)17(18)19/h3-10,14H,2,16H2,1H3. The van der Waals surface area contributed by atoms with Crippen molar-refractivity contribution >= 4 is 17.4 Å². The van der Waals surface area contributed by atoms with Crippen molar-refractivity contribution < 1.29 is 4.92 Å². The number of nitrogens with zero attached hydrogens (tertiary/aromatic N) is 1. The monoisotopic (exact) mass is 288 g/mol. The van der Waals surface area contributed by atoms with Crippen LogP contribution < -0.4 is 5.73 Å². The van der Waals surface area contributed by atoms with E-state index in [0.29, 0.717) is 0 Å². The molecule has 0 amide bonds. The van der Waals surface area contributed by atoms with Gasteiger partial charge in [-0.15, -0.1) is 0 Å². The summed E-state index contributed by atoms with van der Waals surface area (Å²) in [4.78, 5) is 12.3. The highest BCUT2D eigenvalue weighted by atomic mass is 32.2. The number of benzene rings is 2. The molecule has 104 valence electrons. The fraction of sp³-hybridized carbons (Fsp3) is 0.200. The molecule has 0 radical (unpaired) electrons.